The van der Waals surface area contributed by atoms with Gasteiger partial charge in [-0.1, -0.05) is 0 Å². The van der Waals surface area contributed by atoms with E-state index in [9.17, 15) is 14.4 Å². The van der Waals surface area contributed by atoms with Gasteiger partial charge in [-0.2, -0.15) is 5.10 Å². The van der Waals surface area contributed by atoms with Crippen LogP contribution in [0.2, 0.25) is 0 Å². The average Bonchev–Trinajstić information content (AvgIpc) is 3.16. The molecule has 0 unspecified atom stereocenters. The van der Waals surface area contributed by atoms with Crippen molar-refractivity contribution in [2.24, 2.45) is 7.05 Å². The molecule has 0 fully saturated rings. The van der Waals surface area contributed by atoms with E-state index in [0.29, 0.717) is 30.3 Å². The van der Waals surface area contributed by atoms with Crippen LogP contribution in [-0.4, -0.2) is 33.2 Å². The lowest BCUT2D eigenvalue weighted by atomic mass is 10.1. The second-order valence-electron chi connectivity index (χ2n) is 6.01. The van der Waals surface area contributed by atoms with Gasteiger partial charge < -0.3 is 10.1 Å². The molecule has 0 aliphatic heterocycles. The van der Waals surface area contributed by atoms with Crippen LogP contribution < -0.4 is 10.9 Å². The van der Waals surface area contributed by atoms with Crippen molar-refractivity contribution >= 4 is 28.3 Å². The lowest BCUT2D eigenvalue weighted by Gasteiger charge is -2.08. The van der Waals surface area contributed by atoms with E-state index in [2.05, 4.69) is 15.4 Å². The highest BCUT2D eigenvalue weighted by molar-refractivity contribution is 7.16. The van der Waals surface area contributed by atoms with Crippen LogP contribution in [0.15, 0.2) is 16.9 Å². The van der Waals surface area contributed by atoms with Gasteiger partial charge in [-0.3, -0.25) is 14.4 Å². The van der Waals surface area contributed by atoms with Crippen molar-refractivity contribution in [1.29, 1.82) is 0 Å². The number of hydrogen-bond donors (Lipinski definition) is 1. The summed E-state index contributed by atoms with van der Waals surface area (Å²) < 4.78 is 6.33. The van der Waals surface area contributed by atoms with Crippen molar-refractivity contribution in [3.63, 3.8) is 0 Å². The number of ether oxygens (including phenoxy) is 1. The highest BCUT2D eigenvalue weighted by Crippen LogP contribution is 2.38. The largest absolute Gasteiger partial charge is 0.465 e. The normalized spacial score (nSPS) is 15.5. The fraction of sp³-hybridized carbons (Fsp3) is 0.471. The maximum atomic E-state index is 12.2. The summed E-state index contributed by atoms with van der Waals surface area (Å²) in [5, 5.41) is 7.38. The first kappa shape index (κ1) is 18.2. The molecule has 0 radical (unpaired) electrons. The van der Waals surface area contributed by atoms with Crippen LogP contribution >= 0.6 is 11.3 Å². The Morgan fingerprint density at radius 3 is 2.96 bits per heavy atom. The van der Waals surface area contributed by atoms with Gasteiger partial charge in [-0.05, 0) is 25.8 Å². The Labute approximate surface area is 154 Å². The number of thiazole rings is 1. The Hall–Kier alpha value is -2.55. The van der Waals surface area contributed by atoms with Crippen molar-refractivity contribution in [2.45, 2.75) is 38.5 Å². The predicted octanol–water partition coefficient (Wildman–Crippen LogP) is 1.40. The summed E-state index contributed by atoms with van der Waals surface area (Å²) in [5.74, 6) is -0.766. The van der Waals surface area contributed by atoms with Crippen LogP contribution in [0.5, 0.6) is 0 Å². The summed E-state index contributed by atoms with van der Waals surface area (Å²) in [6.07, 6.45) is 2.14. The molecule has 8 nitrogen and oxygen atoms in total. The Balaban J connectivity index is 1.58. The molecule has 1 N–H and O–H groups in total. The monoisotopic (exact) mass is 376 g/mol. The fourth-order valence-corrected chi connectivity index (χ4v) is 3.91. The fourth-order valence-electron chi connectivity index (χ4n) is 2.86. The summed E-state index contributed by atoms with van der Waals surface area (Å²) in [6, 6.07) is 3.05. The summed E-state index contributed by atoms with van der Waals surface area (Å²) in [7, 11) is 1.57. The number of carbonyl (C=O) groups is 2. The van der Waals surface area contributed by atoms with Gasteiger partial charge in [-0.25, -0.2) is 9.67 Å². The van der Waals surface area contributed by atoms with Crippen molar-refractivity contribution in [1.82, 2.24) is 14.8 Å². The van der Waals surface area contributed by atoms with Crippen LogP contribution in [0, 0.1) is 0 Å². The van der Waals surface area contributed by atoms with E-state index in [1.165, 1.54) is 22.1 Å². The number of carbonyl (C=O) groups excluding carboxylic acids is 2. The molecule has 138 valence electrons. The van der Waals surface area contributed by atoms with Gasteiger partial charge in [0.1, 0.15) is 5.92 Å². The van der Waals surface area contributed by atoms with E-state index in [-0.39, 0.29) is 29.8 Å². The third-order valence-corrected chi connectivity index (χ3v) is 5.21. The molecule has 0 saturated carbocycles. The molecule has 1 aliphatic rings. The summed E-state index contributed by atoms with van der Waals surface area (Å²) in [5.41, 5.74) is 1.21. The van der Waals surface area contributed by atoms with Crippen LogP contribution in [0.3, 0.4) is 0 Å². The second-order valence-corrected chi connectivity index (χ2v) is 7.09. The quantitative estimate of drug-likeness (QED) is 0.765. The smallest absolute Gasteiger partial charge is 0.315 e. The van der Waals surface area contributed by atoms with Gasteiger partial charge in [0, 0.05) is 30.8 Å². The molecule has 3 rings (SSSR count). The lowest BCUT2D eigenvalue weighted by Crippen LogP contribution is -2.20. The van der Waals surface area contributed by atoms with E-state index in [1.807, 2.05) is 0 Å². The van der Waals surface area contributed by atoms with Crippen molar-refractivity contribution in [3.8, 4) is 0 Å². The first-order chi connectivity index (χ1) is 12.5. The molecule has 1 atom stereocenters. The Bertz CT molecular complexity index is 889. The van der Waals surface area contributed by atoms with E-state index in [0.717, 1.165) is 17.0 Å². The molecule has 26 heavy (non-hydrogen) atoms. The number of aryl methyl sites for hydroxylation is 3. The van der Waals surface area contributed by atoms with E-state index >= 15 is 0 Å². The maximum Gasteiger partial charge on any atom is 0.315 e. The summed E-state index contributed by atoms with van der Waals surface area (Å²) in [6.45, 7) is 2.12. The molecule has 2 aromatic heterocycles. The third kappa shape index (κ3) is 3.98. The van der Waals surface area contributed by atoms with Gasteiger partial charge in [0.15, 0.2) is 5.13 Å². The zero-order valence-electron chi connectivity index (χ0n) is 14.7. The molecule has 0 saturated heterocycles. The molecule has 2 heterocycles. The van der Waals surface area contributed by atoms with Crippen LogP contribution in [0.25, 0.3) is 0 Å². The van der Waals surface area contributed by atoms with Gasteiger partial charge in [-0.15, -0.1) is 11.3 Å². The van der Waals surface area contributed by atoms with Gasteiger partial charge >= 0.3 is 5.97 Å². The topological polar surface area (TPSA) is 103 Å². The number of amides is 1. The van der Waals surface area contributed by atoms with E-state index < -0.39 is 0 Å². The standard InChI is InChI=1S/C17H20N4O4S/c1-3-25-16(24)11-6-7-12-15(11)19-17(26-12)18-13(22)8-4-10-5-9-14(23)21(2)20-10/h5,9,11H,3-4,6-8H2,1-2H3,(H,18,19,22)/t11-/m1/s1. The molecule has 0 bridgehead atoms. The van der Waals surface area contributed by atoms with Gasteiger partial charge in [0.25, 0.3) is 5.56 Å². The second kappa shape index (κ2) is 7.77. The van der Waals surface area contributed by atoms with Crippen molar-refractivity contribution < 1.29 is 14.3 Å². The van der Waals surface area contributed by atoms with Crippen molar-refractivity contribution in [2.75, 3.05) is 11.9 Å². The summed E-state index contributed by atoms with van der Waals surface area (Å²) in [4.78, 5) is 40.9. The number of aromatic nitrogens is 3. The van der Waals surface area contributed by atoms with E-state index in [1.54, 1.807) is 20.0 Å². The molecule has 1 amide bonds. The van der Waals surface area contributed by atoms with Crippen molar-refractivity contribution in [3.05, 3.63) is 38.8 Å². The molecule has 0 spiro atoms. The molecule has 9 heteroatoms. The minimum Gasteiger partial charge on any atom is -0.465 e. The number of fused-ring (bicyclic) bond motifs is 1. The predicted molar refractivity (Wildman–Crippen MR) is 96.2 cm³/mol. The summed E-state index contributed by atoms with van der Waals surface area (Å²) >= 11 is 1.40. The Morgan fingerprint density at radius 2 is 2.23 bits per heavy atom. The van der Waals surface area contributed by atoms with Crippen LogP contribution in [0.4, 0.5) is 5.13 Å². The van der Waals surface area contributed by atoms with Gasteiger partial charge in [0.05, 0.1) is 18.0 Å². The molecule has 1 aliphatic carbocycles. The highest BCUT2D eigenvalue weighted by Gasteiger charge is 2.33. The Kier molecular flexibility index (Phi) is 5.46. The number of rotatable bonds is 6. The minimum atomic E-state index is -0.332. The Morgan fingerprint density at radius 1 is 1.42 bits per heavy atom. The number of hydrogen-bond acceptors (Lipinski definition) is 7. The molecular weight excluding hydrogens is 356 g/mol. The first-order valence-electron chi connectivity index (χ1n) is 8.47. The zero-order chi connectivity index (χ0) is 18.7. The molecule has 0 aromatic carbocycles. The number of nitrogens with one attached hydrogen (secondary N) is 1. The number of anilines is 1. The SMILES string of the molecule is CCOC(=O)[C@@H]1CCc2sc(NC(=O)CCc3ccc(=O)n(C)n3)nc21. The van der Waals surface area contributed by atoms with Crippen LogP contribution in [0.1, 0.15) is 41.9 Å². The average molecular weight is 376 g/mol. The highest BCUT2D eigenvalue weighted by atomic mass is 32.1. The number of esters is 1. The first-order valence-corrected chi connectivity index (χ1v) is 9.29. The number of nitrogens with zero attached hydrogens (tertiary/aromatic N) is 3. The lowest BCUT2D eigenvalue weighted by molar-refractivity contribution is -0.145. The maximum absolute atomic E-state index is 12.2. The minimum absolute atomic E-state index is 0.180. The zero-order valence-corrected chi connectivity index (χ0v) is 15.5. The van der Waals surface area contributed by atoms with Gasteiger partial charge in [0.2, 0.25) is 5.91 Å². The van der Waals surface area contributed by atoms with E-state index in [4.69, 9.17) is 4.74 Å². The molecular formula is C17H20N4O4S. The van der Waals surface area contributed by atoms with Crippen LogP contribution in [-0.2, 0) is 34.2 Å². The third-order valence-electron chi connectivity index (χ3n) is 4.16. The molecule has 2 aromatic rings.